The molecule has 0 atom stereocenters. The number of aryl methyl sites for hydroxylation is 1. The maximum Gasteiger partial charge on any atom is 0.0795 e. The molecule has 0 N–H and O–H groups in total. The van der Waals surface area contributed by atoms with Gasteiger partial charge in [0, 0.05) is 42.2 Å². The molecule has 3 aromatic heterocycles. The number of rotatable bonds is 8. The van der Waals surface area contributed by atoms with Crippen LogP contribution in [0.1, 0.15) is 87.0 Å². The number of hydrogen-bond acceptors (Lipinski definition) is 3. The fourth-order valence-electron chi connectivity index (χ4n) is 7.84. The van der Waals surface area contributed by atoms with Gasteiger partial charge < -0.3 is 9.55 Å². The van der Waals surface area contributed by atoms with Gasteiger partial charge in [-0.1, -0.05) is 146 Å². The fraction of sp³-hybridized carbons (Fsp3) is 0.236. The van der Waals surface area contributed by atoms with Gasteiger partial charge in [-0.2, -0.15) is 11.3 Å². The molecule has 6 heteroatoms. The van der Waals surface area contributed by atoms with E-state index in [1.54, 1.807) is 23.5 Å². The standard InChI is InChI=1S/C40H37N2S.C15H18NSi.Ir/c1-24(2)28-19-20-30-31-15-12-16-32(39(31)43-37(30)23-28)40-41-35-17-10-11-18-36(35)42(40)38-33(25(3)4)21-29(22-34(38)26(5)6)27-13-8-7-9-14-27;1-12-5-7-13(8-6-12)15-10-9-14(11-16-15)17(2,3)4;/h7-15,17-26H,1-6H3;5-7,9-11H,1-4H3;/q2*-1;/i24D;1D3;. The third-order valence-corrected chi connectivity index (χ3v) is 14.5. The molecule has 0 aliphatic carbocycles. The summed E-state index contributed by atoms with van der Waals surface area (Å²) in [6.45, 7) is 17.8. The van der Waals surface area contributed by atoms with Gasteiger partial charge in [0.05, 0.1) is 24.9 Å². The van der Waals surface area contributed by atoms with Crippen molar-refractivity contribution < 1.29 is 25.6 Å². The Morgan fingerprint density at radius 3 is 2.08 bits per heavy atom. The summed E-state index contributed by atoms with van der Waals surface area (Å²) in [6, 6.07) is 50.3. The minimum absolute atomic E-state index is 0. The SMILES string of the molecule is [2H]C(C)(C)c1ccc2c(c1)sc1c(-c3nc4ccccc4n3-c3c(C(C)C)cc(-c4ccccc4)cc3C(C)C)[c-]ccc12.[2H]C([2H])([2H])c1c[c-]c(-c2ccc([Si](C)(C)C)cn2)cc1.[Ir]. The van der Waals surface area contributed by atoms with E-state index in [9.17, 15) is 0 Å². The number of aromatic nitrogens is 3. The van der Waals surface area contributed by atoms with E-state index in [1.807, 2.05) is 32.2 Å². The van der Waals surface area contributed by atoms with Gasteiger partial charge in [-0.25, -0.2) is 0 Å². The molecule has 3 nitrogen and oxygen atoms in total. The van der Waals surface area contributed by atoms with Crippen molar-refractivity contribution in [1.29, 1.82) is 0 Å². The van der Waals surface area contributed by atoms with Crippen molar-refractivity contribution in [1.82, 2.24) is 14.5 Å². The van der Waals surface area contributed by atoms with Crippen LogP contribution in [0.4, 0.5) is 0 Å². The summed E-state index contributed by atoms with van der Waals surface area (Å²) in [4.78, 5) is 9.80. The molecule has 0 fully saturated rings. The topological polar surface area (TPSA) is 30.7 Å². The Labute approximate surface area is 386 Å². The summed E-state index contributed by atoms with van der Waals surface area (Å²) in [5, 5.41) is 3.73. The average Bonchev–Trinajstić information content (AvgIpc) is 3.84. The summed E-state index contributed by atoms with van der Waals surface area (Å²) in [7, 11) is -1.34. The third kappa shape index (κ3) is 9.01. The number of thiophene rings is 1. The van der Waals surface area contributed by atoms with E-state index < -0.39 is 20.8 Å². The van der Waals surface area contributed by atoms with Crippen molar-refractivity contribution in [3.05, 3.63) is 168 Å². The largest absolute Gasteiger partial charge is 0.333 e. The Morgan fingerprint density at radius 1 is 0.738 bits per heavy atom. The monoisotopic (exact) mass is 1010 g/mol. The minimum atomic E-state index is -2.08. The van der Waals surface area contributed by atoms with E-state index in [0.29, 0.717) is 17.4 Å². The zero-order chi connectivity index (χ0) is 45.7. The van der Waals surface area contributed by atoms with Gasteiger partial charge in [-0.15, -0.1) is 53.6 Å². The molecule has 311 valence electrons. The molecule has 0 bridgehead atoms. The van der Waals surface area contributed by atoms with Crippen molar-refractivity contribution in [3.63, 3.8) is 0 Å². The van der Waals surface area contributed by atoms with E-state index in [2.05, 4.69) is 166 Å². The Hall–Kier alpha value is -4.97. The first-order chi connectivity index (χ1) is 30.3. The fourth-order valence-corrected chi connectivity index (χ4v) is 10.1. The molecular formula is C55H55IrN3SSi-2. The molecule has 0 aliphatic heterocycles. The van der Waals surface area contributed by atoms with Crippen LogP contribution in [0.2, 0.25) is 19.6 Å². The van der Waals surface area contributed by atoms with Crippen LogP contribution >= 0.6 is 11.3 Å². The summed E-state index contributed by atoms with van der Waals surface area (Å²) in [5.41, 5.74) is 12.4. The van der Waals surface area contributed by atoms with Crippen LogP contribution < -0.4 is 5.19 Å². The summed E-state index contributed by atoms with van der Waals surface area (Å²) in [6.07, 6.45) is 1.92. The maximum atomic E-state index is 8.61. The molecule has 61 heavy (non-hydrogen) atoms. The second-order valence-corrected chi connectivity index (χ2v) is 23.6. The number of imidazole rings is 1. The molecule has 0 aliphatic rings. The van der Waals surface area contributed by atoms with Crippen LogP contribution in [0.3, 0.4) is 0 Å². The molecule has 0 unspecified atom stereocenters. The Bertz CT molecular complexity index is 3020. The number of fused-ring (bicyclic) bond motifs is 4. The maximum absolute atomic E-state index is 8.61. The first-order valence-electron chi connectivity index (χ1n) is 22.9. The zero-order valence-corrected chi connectivity index (χ0v) is 40.7. The molecule has 3 heterocycles. The minimum Gasteiger partial charge on any atom is -0.333 e. The molecule has 6 aromatic carbocycles. The first-order valence-corrected chi connectivity index (χ1v) is 25.2. The number of para-hydroxylation sites is 2. The molecule has 0 saturated heterocycles. The van der Waals surface area contributed by atoms with Crippen LogP contribution in [0.5, 0.6) is 0 Å². The molecule has 9 rings (SSSR count). The number of nitrogens with zero attached hydrogens (tertiary/aromatic N) is 3. The van der Waals surface area contributed by atoms with Crippen molar-refractivity contribution in [2.75, 3.05) is 0 Å². The Kier molecular flexibility index (Phi) is 11.6. The molecule has 9 aromatic rings. The average molecular weight is 1010 g/mol. The van der Waals surface area contributed by atoms with Crippen LogP contribution in [0.15, 0.2) is 134 Å². The number of pyridine rings is 1. The molecule has 0 spiro atoms. The smallest absolute Gasteiger partial charge is 0.0795 e. The van der Waals surface area contributed by atoms with E-state index in [-0.39, 0.29) is 20.1 Å². The van der Waals surface area contributed by atoms with Gasteiger partial charge in [0.15, 0.2) is 0 Å². The second kappa shape index (κ2) is 18.2. The number of benzene rings is 6. The van der Waals surface area contributed by atoms with Gasteiger partial charge >= 0.3 is 0 Å². The van der Waals surface area contributed by atoms with Crippen molar-refractivity contribution >= 4 is 55.8 Å². The van der Waals surface area contributed by atoms with Crippen molar-refractivity contribution in [2.24, 2.45) is 0 Å². The summed E-state index contributed by atoms with van der Waals surface area (Å²) >= 11 is 1.78. The molecule has 0 amide bonds. The van der Waals surface area contributed by atoms with Crippen LogP contribution in [0, 0.1) is 19.0 Å². The van der Waals surface area contributed by atoms with Crippen molar-refractivity contribution in [2.45, 2.75) is 85.8 Å². The predicted molar refractivity (Wildman–Crippen MR) is 262 cm³/mol. The Morgan fingerprint density at radius 2 is 1.46 bits per heavy atom. The van der Waals surface area contributed by atoms with Crippen molar-refractivity contribution in [3.8, 4) is 39.5 Å². The second-order valence-electron chi connectivity index (χ2n) is 17.5. The zero-order valence-electron chi connectivity index (χ0n) is 40.4. The van der Waals surface area contributed by atoms with Gasteiger partial charge in [-0.3, -0.25) is 4.98 Å². The normalized spacial score (nSPS) is 13.1. The molecule has 1 radical (unpaired) electrons. The predicted octanol–water partition coefficient (Wildman–Crippen LogP) is 15.3. The van der Waals surface area contributed by atoms with Gasteiger partial charge in [0.1, 0.15) is 0 Å². The molecule has 0 saturated carbocycles. The van der Waals surface area contributed by atoms with E-state index >= 15 is 0 Å². The van der Waals surface area contributed by atoms with Gasteiger partial charge in [0.2, 0.25) is 0 Å². The summed E-state index contributed by atoms with van der Waals surface area (Å²) in [5.74, 6) is 0.868. The number of hydrogen-bond donors (Lipinski definition) is 0. The van der Waals surface area contributed by atoms with E-state index in [4.69, 9.17) is 10.5 Å². The van der Waals surface area contributed by atoms with Crippen LogP contribution in [0.25, 0.3) is 70.7 Å². The summed E-state index contributed by atoms with van der Waals surface area (Å²) < 4.78 is 35.4. The Balaban J connectivity index is 0.000000253. The van der Waals surface area contributed by atoms with E-state index in [1.165, 1.54) is 59.4 Å². The quantitative estimate of drug-likeness (QED) is 0.112. The van der Waals surface area contributed by atoms with Crippen LogP contribution in [-0.4, -0.2) is 22.6 Å². The molecular weight excluding hydrogens is 955 g/mol. The van der Waals surface area contributed by atoms with Gasteiger partial charge in [-0.05, 0) is 96.8 Å². The first kappa shape index (κ1) is 38.9. The third-order valence-electron chi connectivity index (χ3n) is 11.3. The van der Waals surface area contributed by atoms with Gasteiger partial charge in [0.25, 0.3) is 0 Å². The van der Waals surface area contributed by atoms with Crippen LogP contribution in [-0.2, 0) is 20.1 Å². The van der Waals surface area contributed by atoms with E-state index in [0.717, 1.165) is 39.2 Å².